The molecule has 0 aromatic rings. The maximum atomic E-state index is 10.6. The topological polar surface area (TPSA) is 127 Å². The van der Waals surface area contributed by atoms with E-state index in [9.17, 15) is 14.4 Å². The molecular formula is C27H57N3O4. The molecular weight excluding hydrogens is 430 g/mol. The van der Waals surface area contributed by atoms with Crippen LogP contribution < -0.4 is 11.5 Å². The molecule has 0 bridgehead atoms. The first-order valence-electron chi connectivity index (χ1n) is 13.6. The van der Waals surface area contributed by atoms with E-state index in [1.807, 2.05) is 25.7 Å². The highest BCUT2D eigenvalue weighted by Gasteiger charge is 2.14. The Balaban J connectivity index is -0.000000568. The highest BCUT2D eigenvalue weighted by Crippen LogP contribution is 2.13. The lowest BCUT2D eigenvalue weighted by atomic mass is 10.0. The number of rotatable bonds is 20. The minimum absolute atomic E-state index is 0.130. The molecule has 0 rings (SSSR count). The summed E-state index contributed by atoms with van der Waals surface area (Å²) in [5.41, 5.74) is 9.58. The monoisotopic (exact) mass is 487 g/mol. The van der Waals surface area contributed by atoms with Crippen LogP contribution in [-0.4, -0.2) is 46.9 Å². The fraction of sp³-hybridized carbons (Fsp3) is 0.889. The van der Waals surface area contributed by atoms with E-state index in [2.05, 4.69) is 12.7 Å². The zero-order chi connectivity index (χ0) is 26.6. The molecule has 2 amide bonds. The quantitative estimate of drug-likeness (QED) is 0.181. The van der Waals surface area contributed by atoms with Gasteiger partial charge in [-0.3, -0.25) is 19.3 Å². The van der Waals surface area contributed by atoms with Gasteiger partial charge in [-0.15, -0.1) is 0 Å². The van der Waals surface area contributed by atoms with Crippen molar-refractivity contribution < 1.29 is 19.5 Å². The third-order valence-electron chi connectivity index (χ3n) is 5.77. The summed E-state index contributed by atoms with van der Waals surface area (Å²) in [6.07, 6.45) is 20.2. The molecule has 0 aliphatic carbocycles. The normalized spacial score (nSPS) is 11.1. The van der Waals surface area contributed by atoms with Gasteiger partial charge in [-0.1, -0.05) is 111 Å². The molecule has 1 unspecified atom stereocenters. The number of amides is 2. The average molecular weight is 488 g/mol. The van der Waals surface area contributed by atoms with Crippen LogP contribution in [0.5, 0.6) is 0 Å². The number of carbonyl (C=O) groups is 3. The largest absolute Gasteiger partial charge is 0.481 e. The van der Waals surface area contributed by atoms with Gasteiger partial charge in [-0.05, 0) is 26.4 Å². The van der Waals surface area contributed by atoms with Crippen molar-refractivity contribution in [3.8, 4) is 0 Å². The van der Waals surface area contributed by atoms with Gasteiger partial charge in [0.25, 0.3) is 0 Å². The van der Waals surface area contributed by atoms with Gasteiger partial charge in [0.1, 0.15) is 0 Å². The number of primary amides is 2. The number of likely N-dealkylation sites (N-methyl/N-ethyl adjacent to an activating group) is 1. The Kier molecular flexibility index (Phi) is 31.9. The molecule has 7 nitrogen and oxygen atoms in total. The second-order valence-corrected chi connectivity index (χ2v) is 9.00. The lowest BCUT2D eigenvalue weighted by molar-refractivity contribution is -0.137. The molecule has 1 atom stereocenters. The first-order valence-corrected chi connectivity index (χ1v) is 13.6. The molecule has 204 valence electrons. The number of nitrogens with two attached hydrogens (primary N) is 2. The number of unbranched alkanes of at least 4 members (excludes halogenated alkanes) is 14. The third kappa shape index (κ3) is 35.0. The van der Waals surface area contributed by atoms with E-state index >= 15 is 0 Å². The Morgan fingerprint density at radius 1 is 0.676 bits per heavy atom. The SMILES string of the molecule is CC(N)=O.CCCCCCCCCCCCCCCCCC(=O)O.CCN(CC)C(C)C(N)=O. The smallest absolute Gasteiger partial charge is 0.303 e. The molecule has 0 heterocycles. The lowest BCUT2D eigenvalue weighted by Crippen LogP contribution is -2.42. The van der Waals surface area contributed by atoms with Gasteiger partial charge in [0.05, 0.1) is 6.04 Å². The molecule has 0 fully saturated rings. The molecule has 34 heavy (non-hydrogen) atoms. The van der Waals surface area contributed by atoms with Gasteiger partial charge in [-0.2, -0.15) is 0 Å². The summed E-state index contributed by atoms with van der Waals surface area (Å²) in [5, 5.41) is 8.52. The van der Waals surface area contributed by atoms with Crippen LogP contribution in [0.2, 0.25) is 0 Å². The number of carboxylic acid groups (broad SMARTS) is 1. The van der Waals surface area contributed by atoms with Crippen molar-refractivity contribution in [1.82, 2.24) is 4.90 Å². The fourth-order valence-corrected chi connectivity index (χ4v) is 3.60. The van der Waals surface area contributed by atoms with Gasteiger partial charge < -0.3 is 16.6 Å². The van der Waals surface area contributed by atoms with Gasteiger partial charge in [0.2, 0.25) is 11.8 Å². The van der Waals surface area contributed by atoms with Crippen LogP contribution in [0.15, 0.2) is 0 Å². The Bertz CT molecular complexity index is 465. The van der Waals surface area contributed by atoms with Crippen LogP contribution in [0.3, 0.4) is 0 Å². The highest BCUT2D eigenvalue weighted by atomic mass is 16.4. The van der Waals surface area contributed by atoms with E-state index in [4.69, 9.17) is 10.8 Å². The molecule has 0 aliphatic rings. The molecule has 5 N–H and O–H groups in total. The molecule has 0 spiro atoms. The number of carboxylic acids is 1. The van der Waals surface area contributed by atoms with Gasteiger partial charge in [0, 0.05) is 13.3 Å². The van der Waals surface area contributed by atoms with E-state index in [1.165, 1.54) is 90.4 Å². The van der Waals surface area contributed by atoms with Crippen molar-refractivity contribution in [2.45, 2.75) is 143 Å². The molecule has 0 radical (unpaired) electrons. The molecule has 0 saturated heterocycles. The van der Waals surface area contributed by atoms with E-state index in [0.29, 0.717) is 6.42 Å². The Hall–Kier alpha value is -1.63. The molecule has 0 aromatic carbocycles. The van der Waals surface area contributed by atoms with Gasteiger partial charge in [0.15, 0.2) is 0 Å². The maximum Gasteiger partial charge on any atom is 0.303 e. The third-order valence-corrected chi connectivity index (χ3v) is 5.77. The average Bonchev–Trinajstić information content (AvgIpc) is 2.77. The standard InChI is InChI=1S/C18H36O2.C7H16N2O.C2H5NO/c1-2-3-4-5-6-7-8-9-10-11-12-13-14-15-16-17-18(19)20;1-4-9(5-2)6(3)7(8)10;1-2(3)4/h2-17H2,1H3,(H,19,20);6H,4-5H2,1-3H3,(H2,8,10);1H3,(H2,3,4). The van der Waals surface area contributed by atoms with Gasteiger partial charge in [-0.25, -0.2) is 0 Å². The predicted octanol–water partition coefficient (Wildman–Crippen LogP) is 6.03. The van der Waals surface area contributed by atoms with Crippen LogP contribution >= 0.6 is 0 Å². The van der Waals surface area contributed by atoms with Gasteiger partial charge >= 0.3 is 5.97 Å². The number of carbonyl (C=O) groups excluding carboxylic acids is 2. The predicted molar refractivity (Wildman–Crippen MR) is 144 cm³/mol. The maximum absolute atomic E-state index is 10.6. The summed E-state index contributed by atoms with van der Waals surface area (Å²) in [5.74, 6) is -1.23. The van der Waals surface area contributed by atoms with Crippen LogP contribution in [0.1, 0.15) is 137 Å². The Morgan fingerprint density at radius 2 is 0.971 bits per heavy atom. The second-order valence-electron chi connectivity index (χ2n) is 9.00. The zero-order valence-corrected chi connectivity index (χ0v) is 23.1. The van der Waals surface area contributed by atoms with E-state index in [0.717, 1.165) is 25.9 Å². The number of nitrogens with zero attached hydrogens (tertiary/aromatic N) is 1. The van der Waals surface area contributed by atoms with Crippen LogP contribution in [-0.2, 0) is 14.4 Å². The summed E-state index contributed by atoms with van der Waals surface area (Å²) in [4.78, 5) is 32.2. The summed E-state index contributed by atoms with van der Waals surface area (Å²) < 4.78 is 0. The summed E-state index contributed by atoms with van der Waals surface area (Å²) in [6.45, 7) is 11.2. The van der Waals surface area contributed by atoms with Crippen molar-refractivity contribution in [3.05, 3.63) is 0 Å². The van der Waals surface area contributed by atoms with E-state index in [1.54, 1.807) is 0 Å². The van der Waals surface area contributed by atoms with E-state index < -0.39 is 5.97 Å². The zero-order valence-electron chi connectivity index (χ0n) is 23.1. The van der Waals surface area contributed by atoms with E-state index in [-0.39, 0.29) is 17.9 Å². The molecule has 0 aromatic heterocycles. The van der Waals surface area contributed by atoms with Crippen molar-refractivity contribution >= 4 is 17.8 Å². The number of hydrogen-bond acceptors (Lipinski definition) is 4. The second kappa shape index (κ2) is 29.4. The summed E-state index contributed by atoms with van der Waals surface area (Å²) in [7, 11) is 0. The number of hydrogen-bond donors (Lipinski definition) is 3. The van der Waals surface area contributed by atoms with Crippen molar-refractivity contribution in [1.29, 1.82) is 0 Å². The first kappa shape index (κ1) is 36.9. The van der Waals surface area contributed by atoms with Crippen molar-refractivity contribution in [2.75, 3.05) is 13.1 Å². The Morgan fingerprint density at radius 3 is 1.18 bits per heavy atom. The Labute approximate surface area is 210 Å². The fourth-order valence-electron chi connectivity index (χ4n) is 3.60. The minimum atomic E-state index is -0.653. The van der Waals surface area contributed by atoms with Crippen molar-refractivity contribution in [2.24, 2.45) is 11.5 Å². The molecule has 0 saturated carbocycles. The lowest BCUT2D eigenvalue weighted by Gasteiger charge is -2.22. The van der Waals surface area contributed by atoms with Crippen molar-refractivity contribution in [3.63, 3.8) is 0 Å². The van der Waals surface area contributed by atoms with Crippen LogP contribution in [0, 0.1) is 0 Å². The minimum Gasteiger partial charge on any atom is -0.481 e. The highest BCUT2D eigenvalue weighted by molar-refractivity contribution is 5.79. The van der Waals surface area contributed by atoms with Crippen LogP contribution in [0.25, 0.3) is 0 Å². The first-order chi connectivity index (χ1) is 16.1. The summed E-state index contributed by atoms with van der Waals surface area (Å²) in [6, 6.07) is -0.130. The molecule has 0 aliphatic heterocycles. The van der Waals surface area contributed by atoms with Crippen LogP contribution in [0.4, 0.5) is 0 Å². The number of aliphatic carboxylic acids is 1. The molecule has 7 heteroatoms. The summed E-state index contributed by atoms with van der Waals surface area (Å²) >= 11 is 0.